The molecule has 0 spiro atoms. The van der Waals surface area contributed by atoms with Crippen molar-refractivity contribution in [2.24, 2.45) is 14.1 Å². The van der Waals surface area contributed by atoms with Gasteiger partial charge in [0.15, 0.2) is 0 Å². The Labute approximate surface area is 99.5 Å². The molecule has 86 valence electrons. The van der Waals surface area contributed by atoms with Crippen LogP contribution in [0.25, 0.3) is 22.2 Å². The van der Waals surface area contributed by atoms with Crippen molar-refractivity contribution in [1.29, 1.82) is 0 Å². The van der Waals surface area contributed by atoms with Crippen molar-refractivity contribution >= 4 is 10.9 Å². The smallest absolute Gasteiger partial charge is 0.0952 e. The first-order valence-corrected chi connectivity index (χ1v) is 5.57. The minimum absolute atomic E-state index is 1.04. The van der Waals surface area contributed by atoms with E-state index in [0.29, 0.717) is 0 Å². The summed E-state index contributed by atoms with van der Waals surface area (Å²) in [6.45, 7) is 2.08. The lowest BCUT2D eigenvalue weighted by atomic mass is 10.1. The Balaban J connectivity index is 2.21. The van der Waals surface area contributed by atoms with Crippen molar-refractivity contribution in [2.75, 3.05) is 0 Å². The predicted molar refractivity (Wildman–Crippen MR) is 67.7 cm³/mol. The van der Waals surface area contributed by atoms with Gasteiger partial charge in [-0.3, -0.25) is 9.36 Å². The monoisotopic (exact) mass is 226 g/mol. The minimum atomic E-state index is 1.04. The molecular weight excluding hydrogens is 212 g/mol. The third kappa shape index (κ3) is 1.53. The molecule has 0 radical (unpaired) electrons. The van der Waals surface area contributed by atoms with Gasteiger partial charge in [0.1, 0.15) is 0 Å². The van der Waals surface area contributed by atoms with E-state index in [1.54, 1.807) is 0 Å². The van der Waals surface area contributed by atoms with Gasteiger partial charge in [0.05, 0.1) is 17.4 Å². The fourth-order valence-electron chi connectivity index (χ4n) is 2.20. The molecule has 17 heavy (non-hydrogen) atoms. The predicted octanol–water partition coefficient (Wildman–Crippen LogP) is 2.28. The van der Waals surface area contributed by atoms with Crippen molar-refractivity contribution in [1.82, 2.24) is 19.6 Å². The zero-order chi connectivity index (χ0) is 12.0. The van der Waals surface area contributed by atoms with Crippen LogP contribution in [-0.4, -0.2) is 19.6 Å². The summed E-state index contributed by atoms with van der Waals surface area (Å²) in [4.78, 5) is 0. The zero-order valence-corrected chi connectivity index (χ0v) is 10.2. The molecule has 4 nitrogen and oxygen atoms in total. The van der Waals surface area contributed by atoms with Crippen molar-refractivity contribution in [3.05, 3.63) is 36.2 Å². The lowest BCUT2D eigenvalue weighted by Crippen LogP contribution is -1.89. The number of hydrogen-bond donors (Lipinski definition) is 0. The molecule has 0 saturated carbocycles. The average Bonchev–Trinajstić information content (AvgIpc) is 2.82. The van der Waals surface area contributed by atoms with Gasteiger partial charge in [-0.05, 0) is 24.6 Å². The summed E-state index contributed by atoms with van der Waals surface area (Å²) in [6, 6.07) is 6.32. The van der Waals surface area contributed by atoms with Crippen LogP contribution in [0, 0.1) is 6.92 Å². The highest BCUT2D eigenvalue weighted by molar-refractivity contribution is 5.84. The highest BCUT2D eigenvalue weighted by atomic mass is 15.3. The summed E-state index contributed by atoms with van der Waals surface area (Å²) < 4.78 is 3.72. The van der Waals surface area contributed by atoms with Gasteiger partial charge in [-0.15, -0.1) is 0 Å². The van der Waals surface area contributed by atoms with Crippen molar-refractivity contribution in [3.63, 3.8) is 0 Å². The lowest BCUT2D eigenvalue weighted by molar-refractivity contribution is 0.770. The number of aryl methyl sites for hydroxylation is 3. The second-order valence-electron chi connectivity index (χ2n) is 4.38. The molecule has 3 aromatic rings. The largest absolute Gasteiger partial charge is 0.275 e. The Morgan fingerprint density at radius 2 is 2.00 bits per heavy atom. The van der Waals surface area contributed by atoms with Gasteiger partial charge in [-0.25, -0.2) is 0 Å². The number of fused-ring (bicyclic) bond motifs is 1. The Morgan fingerprint density at radius 1 is 1.18 bits per heavy atom. The molecule has 2 aromatic heterocycles. The van der Waals surface area contributed by atoms with Crippen LogP contribution in [0.1, 0.15) is 5.56 Å². The maximum atomic E-state index is 4.48. The molecule has 2 heterocycles. The highest BCUT2D eigenvalue weighted by Crippen LogP contribution is 2.25. The van der Waals surface area contributed by atoms with Crippen molar-refractivity contribution in [3.8, 4) is 11.3 Å². The van der Waals surface area contributed by atoms with E-state index in [4.69, 9.17) is 0 Å². The summed E-state index contributed by atoms with van der Waals surface area (Å²) in [7, 11) is 3.90. The van der Waals surface area contributed by atoms with Crippen LogP contribution < -0.4 is 0 Å². The van der Waals surface area contributed by atoms with Crippen LogP contribution in [0.4, 0.5) is 0 Å². The van der Waals surface area contributed by atoms with E-state index in [2.05, 4.69) is 35.3 Å². The lowest BCUT2D eigenvalue weighted by Gasteiger charge is -2.00. The quantitative estimate of drug-likeness (QED) is 0.638. The van der Waals surface area contributed by atoms with E-state index in [0.717, 1.165) is 22.2 Å². The summed E-state index contributed by atoms with van der Waals surface area (Å²) in [5, 5.41) is 9.88. The van der Waals surface area contributed by atoms with E-state index in [1.165, 1.54) is 5.56 Å². The summed E-state index contributed by atoms with van der Waals surface area (Å²) in [6.07, 6.45) is 3.92. The van der Waals surface area contributed by atoms with Gasteiger partial charge in [0, 0.05) is 31.2 Å². The van der Waals surface area contributed by atoms with Gasteiger partial charge in [-0.1, -0.05) is 6.07 Å². The first-order chi connectivity index (χ1) is 8.15. The summed E-state index contributed by atoms with van der Waals surface area (Å²) >= 11 is 0. The normalized spacial score (nSPS) is 11.2. The van der Waals surface area contributed by atoms with E-state index < -0.39 is 0 Å². The SMILES string of the molecule is Cc1cn(C)nc1-c1ccc2c(cnn2C)c1. The number of aromatic nitrogens is 4. The fourth-order valence-corrected chi connectivity index (χ4v) is 2.20. The molecule has 0 aliphatic carbocycles. The number of benzene rings is 1. The molecule has 0 saturated heterocycles. The molecule has 0 N–H and O–H groups in total. The molecule has 0 aliphatic heterocycles. The number of nitrogens with zero attached hydrogens (tertiary/aromatic N) is 4. The Morgan fingerprint density at radius 3 is 2.71 bits per heavy atom. The van der Waals surface area contributed by atoms with E-state index in [-0.39, 0.29) is 0 Å². The van der Waals surface area contributed by atoms with Gasteiger partial charge in [0.2, 0.25) is 0 Å². The first kappa shape index (κ1) is 10.1. The van der Waals surface area contributed by atoms with Crippen LogP contribution in [0.3, 0.4) is 0 Å². The Hall–Kier alpha value is -2.10. The molecule has 0 aliphatic rings. The van der Waals surface area contributed by atoms with E-state index in [1.807, 2.05) is 35.9 Å². The third-order valence-corrected chi connectivity index (χ3v) is 3.03. The molecule has 1 aromatic carbocycles. The molecule has 4 heteroatoms. The highest BCUT2D eigenvalue weighted by Gasteiger charge is 2.08. The standard InChI is InChI=1S/C13H14N4/c1-9-8-16(2)15-13(9)10-4-5-12-11(6-10)7-14-17(12)3/h4-8H,1-3H3. The first-order valence-electron chi connectivity index (χ1n) is 5.57. The maximum absolute atomic E-state index is 4.48. The molecule has 0 unspecified atom stereocenters. The minimum Gasteiger partial charge on any atom is -0.275 e. The fraction of sp³-hybridized carbons (Fsp3) is 0.231. The third-order valence-electron chi connectivity index (χ3n) is 3.03. The van der Waals surface area contributed by atoms with Crippen molar-refractivity contribution < 1.29 is 0 Å². The van der Waals surface area contributed by atoms with E-state index >= 15 is 0 Å². The average molecular weight is 226 g/mol. The molecule has 0 bridgehead atoms. The Kier molecular flexibility index (Phi) is 2.04. The maximum Gasteiger partial charge on any atom is 0.0952 e. The van der Waals surface area contributed by atoms with Gasteiger partial charge >= 0.3 is 0 Å². The van der Waals surface area contributed by atoms with Gasteiger partial charge < -0.3 is 0 Å². The number of rotatable bonds is 1. The molecular formula is C13H14N4. The Bertz CT molecular complexity index is 691. The van der Waals surface area contributed by atoms with E-state index in [9.17, 15) is 0 Å². The van der Waals surface area contributed by atoms with Crippen LogP contribution in [0.2, 0.25) is 0 Å². The summed E-state index contributed by atoms with van der Waals surface area (Å²) in [5.74, 6) is 0. The molecule has 3 rings (SSSR count). The van der Waals surface area contributed by atoms with Gasteiger partial charge in [0.25, 0.3) is 0 Å². The second-order valence-corrected chi connectivity index (χ2v) is 4.38. The number of hydrogen-bond acceptors (Lipinski definition) is 2. The van der Waals surface area contributed by atoms with Crippen LogP contribution >= 0.6 is 0 Å². The van der Waals surface area contributed by atoms with Gasteiger partial charge in [-0.2, -0.15) is 10.2 Å². The molecule has 0 atom stereocenters. The van der Waals surface area contributed by atoms with Crippen molar-refractivity contribution in [2.45, 2.75) is 6.92 Å². The molecule has 0 fully saturated rings. The zero-order valence-electron chi connectivity index (χ0n) is 10.2. The summed E-state index contributed by atoms with van der Waals surface area (Å²) in [5.41, 5.74) is 4.51. The van der Waals surface area contributed by atoms with Crippen LogP contribution in [0.5, 0.6) is 0 Å². The topological polar surface area (TPSA) is 35.6 Å². The molecule has 0 amide bonds. The van der Waals surface area contributed by atoms with Crippen LogP contribution in [0.15, 0.2) is 30.6 Å². The second kappa shape index (κ2) is 3.45. The van der Waals surface area contributed by atoms with Crippen LogP contribution in [-0.2, 0) is 14.1 Å².